The molecule has 0 aliphatic carbocycles. The van der Waals surface area contributed by atoms with Gasteiger partial charge in [0.25, 0.3) is 0 Å². The van der Waals surface area contributed by atoms with Crippen LogP contribution in [0.4, 0.5) is 0 Å². The highest BCUT2D eigenvalue weighted by Gasteiger charge is 2.36. The number of ether oxygens (including phenoxy) is 1. The molecule has 4 heteroatoms. The fourth-order valence-electron chi connectivity index (χ4n) is 1.84. The van der Waals surface area contributed by atoms with Gasteiger partial charge in [0, 0.05) is 0 Å². The molecular formula is C12H6O2S2. The Bertz CT molecular complexity index is 649. The average molecular weight is 246 g/mol. The summed E-state index contributed by atoms with van der Waals surface area (Å²) in [4.78, 5) is 4.02. The molecule has 2 aromatic rings. The van der Waals surface area contributed by atoms with Crippen LogP contribution in [0.1, 0.15) is 0 Å². The van der Waals surface area contributed by atoms with Crippen molar-refractivity contribution in [2.45, 2.75) is 19.6 Å². The normalized spacial score (nSPS) is 19.1. The first kappa shape index (κ1) is 8.84. The summed E-state index contributed by atoms with van der Waals surface area (Å²) in [7, 11) is -0.882. The minimum Gasteiger partial charge on any atom is -0.455 e. The van der Waals surface area contributed by atoms with E-state index in [-0.39, 0.29) is 0 Å². The Kier molecular flexibility index (Phi) is 1.60. The fourth-order valence-corrected chi connectivity index (χ4v) is 4.28. The lowest BCUT2D eigenvalue weighted by Crippen LogP contribution is -1.93. The van der Waals surface area contributed by atoms with Crippen molar-refractivity contribution in [2.75, 3.05) is 0 Å². The molecule has 2 nitrogen and oxygen atoms in total. The lowest BCUT2D eigenvalue weighted by atomic mass is 10.3. The summed E-state index contributed by atoms with van der Waals surface area (Å²) in [5, 5.41) is 0. The SMILES string of the molecule is O=S1c2ccc3c(c21)Sc1ccccc1O3. The smallest absolute Gasteiger partial charge is 0.142 e. The summed E-state index contributed by atoms with van der Waals surface area (Å²) in [5.41, 5.74) is 0. The van der Waals surface area contributed by atoms with Crippen LogP contribution in [0.5, 0.6) is 11.5 Å². The van der Waals surface area contributed by atoms with Gasteiger partial charge in [-0.05, 0) is 24.3 Å². The second-order valence-electron chi connectivity index (χ2n) is 3.64. The molecule has 4 rings (SSSR count). The van der Waals surface area contributed by atoms with Crippen molar-refractivity contribution in [3.05, 3.63) is 36.4 Å². The molecule has 0 spiro atoms. The van der Waals surface area contributed by atoms with Crippen molar-refractivity contribution in [3.8, 4) is 11.5 Å². The molecule has 0 amide bonds. The number of fused-ring (bicyclic) bond motifs is 4. The molecule has 78 valence electrons. The minimum atomic E-state index is -0.882. The monoisotopic (exact) mass is 246 g/mol. The second kappa shape index (κ2) is 2.90. The zero-order valence-electron chi connectivity index (χ0n) is 8.10. The van der Waals surface area contributed by atoms with Gasteiger partial charge in [-0.2, -0.15) is 0 Å². The molecule has 2 aliphatic rings. The zero-order chi connectivity index (χ0) is 10.7. The first-order valence-electron chi connectivity index (χ1n) is 4.88. The van der Waals surface area contributed by atoms with Crippen molar-refractivity contribution in [2.24, 2.45) is 0 Å². The number of benzene rings is 2. The van der Waals surface area contributed by atoms with E-state index in [1.165, 1.54) is 0 Å². The van der Waals surface area contributed by atoms with Gasteiger partial charge in [0.2, 0.25) is 0 Å². The minimum absolute atomic E-state index is 0.827. The molecule has 1 unspecified atom stereocenters. The van der Waals surface area contributed by atoms with Crippen molar-refractivity contribution in [3.63, 3.8) is 0 Å². The number of rotatable bonds is 0. The summed E-state index contributed by atoms with van der Waals surface area (Å²) in [5.74, 6) is 1.71. The molecule has 16 heavy (non-hydrogen) atoms. The number of para-hydroxylation sites is 1. The van der Waals surface area contributed by atoms with Gasteiger partial charge in [0.15, 0.2) is 0 Å². The molecular weight excluding hydrogens is 240 g/mol. The number of hydrogen-bond acceptors (Lipinski definition) is 3. The molecule has 0 saturated carbocycles. The largest absolute Gasteiger partial charge is 0.455 e. The second-order valence-corrected chi connectivity index (χ2v) is 6.08. The Morgan fingerprint density at radius 1 is 1.06 bits per heavy atom. The lowest BCUT2D eigenvalue weighted by molar-refractivity contribution is 0.451. The summed E-state index contributed by atoms with van der Waals surface area (Å²) in [6, 6.07) is 11.7. The first-order chi connectivity index (χ1) is 7.84. The lowest BCUT2D eigenvalue weighted by Gasteiger charge is -2.18. The van der Waals surface area contributed by atoms with Crippen LogP contribution in [0.3, 0.4) is 0 Å². The van der Waals surface area contributed by atoms with Crippen LogP contribution in [-0.4, -0.2) is 4.21 Å². The maximum atomic E-state index is 11.6. The van der Waals surface area contributed by atoms with Gasteiger partial charge in [0.05, 0.1) is 30.4 Å². The maximum Gasteiger partial charge on any atom is 0.142 e. The quantitative estimate of drug-likeness (QED) is 0.445. The molecule has 0 radical (unpaired) electrons. The van der Waals surface area contributed by atoms with Crippen molar-refractivity contribution in [1.29, 1.82) is 0 Å². The fraction of sp³-hybridized carbons (Fsp3) is 0. The van der Waals surface area contributed by atoms with E-state index in [4.69, 9.17) is 4.74 Å². The highest BCUT2D eigenvalue weighted by molar-refractivity contribution is 8.00. The van der Waals surface area contributed by atoms with Crippen LogP contribution in [0.15, 0.2) is 56.0 Å². The van der Waals surface area contributed by atoms with Crippen LogP contribution in [0.25, 0.3) is 0 Å². The average Bonchev–Trinajstić information content (AvgIpc) is 2.98. The third-order valence-corrected chi connectivity index (χ3v) is 5.29. The summed E-state index contributed by atoms with van der Waals surface area (Å²) >= 11 is 1.65. The Morgan fingerprint density at radius 3 is 2.88 bits per heavy atom. The van der Waals surface area contributed by atoms with Gasteiger partial charge < -0.3 is 4.74 Å². The van der Waals surface area contributed by atoms with E-state index in [0.29, 0.717) is 0 Å². The Morgan fingerprint density at radius 2 is 1.94 bits per heavy atom. The van der Waals surface area contributed by atoms with Gasteiger partial charge >= 0.3 is 0 Å². The molecule has 0 aromatic heterocycles. The van der Waals surface area contributed by atoms with Crippen LogP contribution in [0, 0.1) is 0 Å². The van der Waals surface area contributed by atoms with Crippen molar-refractivity contribution in [1.82, 2.24) is 0 Å². The van der Waals surface area contributed by atoms with Crippen LogP contribution in [-0.2, 0) is 10.8 Å². The van der Waals surface area contributed by atoms with Gasteiger partial charge in [0.1, 0.15) is 11.5 Å². The van der Waals surface area contributed by atoms with Gasteiger partial charge in [-0.1, -0.05) is 23.9 Å². The highest BCUT2D eigenvalue weighted by Crippen LogP contribution is 2.55. The zero-order valence-corrected chi connectivity index (χ0v) is 9.73. The summed E-state index contributed by atoms with van der Waals surface area (Å²) in [6.45, 7) is 0. The van der Waals surface area contributed by atoms with Crippen LogP contribution in [0.2, 0.25) is 0 Å². The van der Waals surface area contributed by atoms with E-state index >= 15 is 0 Å². The van der Waals surface area contributed by atoms with Gasteiger partial charge in [-0.3, -0.25) is 0 Å². The van der Waals surface area contributed by atoms with E-state index in [1.807, 2.05) is 36.4 Å². The summed E-state index contributed by atoms with van der Waals surface area (Å²) < 4.78 is 17.4. The Labute approximate surface area is 99.1 Å². The Balaban J connectivity index is 1.92. The van der Waals surface area contributed by atoms with E-state index < -0.39 is 10.8 Å². The van der Waals surface area contributed by atoms with Gasteiger partial charge in [-0.15, -0.1) is 0 Å². The van der Waals surface area contributed by atoms with Crippen LogP contribution < -0.4 is 4.74 Å². The van der Waals surface area contributed by atoms with E-state index in [1.54, 1.807) is 11.8 Å². The standard InChI is InChI=1S/C12H6O2S2/c13-16-10-6-5-8-11(12(10)16)15-9-4-2-1-3-7(9)14-8/h1-6H. The third kappa shape index (κ3) is 1.06. The molecule has 0 N–H and O–H groups in total. The molecule has 1 atom stereocenters. The molecule has 0 fully saturated rings. The summed E-state index contributed by atoms with van der Waals surface area (Å²) in [6.07, 6.45) is 0. The maximum absolute atomic E-state index is 11.6. The molecule has 0 saturated heterocycles. The van der Waals surface area contributed by atoms with E-state index in [9.17, 15) is 4.21 Å². The molecule has 2 aromatic carbocycles. The third-order valence-electron chi connectivity index (χ3n) is 2.66. The van der Waals surface area contributed by atoms with E-state index in [2.05, 4.69) is 0 Å². The predicted molar refractivity (Wildman–Crippen MR) is 61.8 cm³/mol. The highest BCUT2D eigenvalue weighted by atomic mass is 32.2. The van der Waals surface area contributed by atoms with Gasteiger partial charge in [-0.25, -0.2) is 4.21 Å². The topological polar surface area (TPSA) is 26.3 Å². The first-order valence-corrected chi connectivity index (χ1v) is 6.85. The molecule has 2 aliphatic heterocycles. The van der Waals surface area contributed by atoms with Crippen molar-refractivity contribution >= 4 is 22.6 Å². The van der Waals surface area contributed by atoms with Crippen LogP contribution >= 0.6 is 11.8 Å². The van der Waals surface area contributed by atoms with E-state index in [0.717, 1.165) is 31.1 Å². The molecule has 2 heterocycles. The number of hydrogen-bond donors (Lipinski definition) is 0. The Hall–Kier alpha value is -1.26. The van der Waals surface area contributed by atoms with Crippen molar-refractivity contribution < 1.29 is 8.95 Å². The predicted octanol–water partition coefficient (Wildman–Crippen LogP) is 3.42. The molecule has 0 bridgehead atoms.